The van der Waals surface area contributed by atoms with Gasteiger partial charge in [-0.15, -0.1) is 0 Å². The lowest BCUT2D eigenvalue weighted by Crippen LogP contribution is -2.48. The first-order valence-corrected chi connectivity index (χ1v) is 8.34. The number of anilines is 1. The molecule has 0 unspecified atom stereocenters. The smallest absolute Gasteiger partial charge is 0.254 e. The summed E-state index contributed by atoms with van der Waals surface area (Å²) < 4.78 is 5.33. The number of amides is 1. The lowest BCUT2D eigenvalue weighted by atomic mass is 10.1. The van der Waals surface area contributed by atoms with Crippen LogP contribution >= 0.6 is 0 Å². The van der Waals surface area contributed by atoms with Crippen molar-refractivity contribution < 1.29 is 9.53 Å². The van der Waals surface area contributed by atoms with Crippen LogP contribution in [0.1, 0.15) is 21.5 Å². The second-order valence-electron chi connectivity index (χ2n) is 6.30. The van der Waals surface area contributed by atoms with Crippen molar-refractivity contribution in [3.8, 4) is 5.75 Å². The topological polar surface area (TPSA) is 32.8 Å². The SMILES string of the molecule is COc1cc(C(=O)N2CCN(c3cccc(C)c3)CC2)ccc1C. The molecule has 0 bridgehead atoms. The number of aryl methyl sites for hydroxylation is 2. The molecule has 1 aliphatic rings. The van der Waals surface area contributed by atoms with Crippen LogP contribution in [0.2, 0.25) is 0 Å². The number of carbonyl (C=O) groups is 1. The van der Waals surface area contributed by atoms with Gasteiger partial charge in [0.1, 0.15) is 5.75 Å². The Balaban J connectivity index is 1.67. The van der Waals surface area contributed by atoms with E-state index in [1.165, 1.54) is 11.3 Å². The van der Waals surface area contributed by atoms with E-state index in [1.807, 2.05) is 30.0 Å². The third-order valence-electron chi connectivity index (χ3n) is 4.59. The predicted molar refractivity (Wildman–Crippen MR) is 97.0 cm³/mol. The summed E-state index contributed by atoms with van der Waals surface area (Å²) in [6, 6.07) is 14.2. The van der Waals surface area contributed by atoms with Crippen LogP contribution in [0.25, 0.3) is 0 Å². The normalized spacial score (nSPS) is 14.6. The molecule has 126 valence electrons. The van der Waals surface area contributed by atoms with Crippen molar-refractivity contribution in [2.24, 2.45) is 0 Å². The third-order valence-corrected chi connectivity index (χ3v) is 4.59. The van der Waals surface area contributed by atoms with E-state index in [2.05, 4.69) is 36.1 Å². The van der Waals surface area contributed by atoms with Gasteiger partial charge in [-0.05, 0) is 49.2 Å². The molecule has 0 spiro atoms. The minimum atomic E-state index is 0.0807. The first kappa shape index (κ1) is 16.4. The van der Waals surface area contributed by atoms with Gasteiger partial charge in [0, 0.05) is 37.4 Å². The highest BCUT2D eigenvalue weighted by Gasteiger charge is 2.22. The Bertz CT molecular complexity index is 734. The van der Waals surface area contributed by atoms with E-state index in [-0.39, 0.29) is 5.91 Å². The molecule has 0 aliphatic carbocycles. The summed E-state index contributed by atoms with van der Waals surface area (Å²) in [7, 11) is 1.64. The fourth-order valence-corrected chi connectivity index (χ4v) is 3.13. The quantitative estimate of drug-likeness (QED) is 0.869. The van der Waals surface area contributed by atoms with Crippen molar-refractivity contribution in [2.75, 3.05) is 38.2 Å². The number of piperazine rings is 1. The zero-order chi connectivity index (χ0) is 17.1. The maximum absolute atomic E-state index is 12.7. The van der Waals surface area contributed by atoms with Crippen molar-refractivity contribution in [2.45, 2.75) is 13.8 Å². The number of methoxy groups -OCH3 is 1. The molecule has 1 heterocycles. The Morgan fingerprint density at radius 3 is 2.42 bits per heavy atom. The number of nitrogens with zero attached hydrogens (tertiary/aromatic N) is 2. The molecule has 3 rings (SSSR count). The fourth-order valence-electron chi connectivity index (χ4n) is 3.13. The van der Waals surface area contributed by atoms with E-state index in [1.54, 1.807) is 7.11 Å². The summed E-state index contributed by atoms with van der Waals surface area (Å²) in [5.74, 6) is 0.844. The fraction of sp³-hybridized carbons (Fsp3) is 0.350. The van der Waals surface area contributed by atoms with Crippen LogP contribution in [0.4, 0.5) is 5.69 Å². The summed E-state index contributed by atoms with van der Waals surface area (Å²) in [6.07, 6.45) is 0. The van der Waals surface area contributed by atoms with Crippen molar-refractivity contribution >= 4 is 11.6 Å². The summed E-state index contributed by atoms with van der Waals surface area (Å²) in [5, 5.41) is 0. The van der Waals surface area contributed by atoms with Gasteiger partial charge in [0.05, 0.1) is 7.11 Å². The van der Waals surface area contributed by atoms with Crippen LogP contribution in [-0.4, -0.2) is 44.1 Å². The number of hydrogen-bond donors (Lipinski definition) is 0. The molecule has 0 atom stereocenters. The van der Waals surface area contributed by atoms with Crippen LogP contribution in [0, 0.1) is 13.8 Å². The second-order valence-corrected chi connectivity index (χ2v) is 6.30. The van der Waals surface area contributed by atoms with Gasteiger partial charge in [-0.3, -0.25) is 4.79 Å². The first-order chi connectivity index (χ1) is 11.6. The number of carbonyl (C=O) groups excluding carboxylic acids is 1. The van der Waals surface area contributed by atoms with Crippen LogP contribution < -0.4 is 9.64 Å². The molecule has 1 amide bonds. The summed E-state index contributed by atoms with van der Waals surface area (Å²) in [6.45, 7) is 7.28. The Morgan fingerprint density at radius 2 is 1.75 bits per heavy atom. The van der Waals surface area contributed by atoms with Gasteiger partial charge >= 0.3 is 0 Å². The minimum absolute atomic E-state index is 0.0807. The maximum Gasteiger partial charge on any atom is 0.254 e. The van der Waals surface area contributed by atoms with Gasteiger partial charge in [-0.2, -0.15) is 0 Å². The highest BCUT2D eigenvalue weighted by Crippen LogP contribution is 2.22. The van der Waals surface area contributed by atoms with E-state index in [4.69, 9.17) is 4.74 Å². The molecule has 24 heavy (non-hydrogen) atoms. The van der Waals surface area contributed by atoms with E-state index in [9.17, 15) is 4.79 Å². The monoisotopic (exact) mass is 324 g/mol. The molecule has 0 saturated carbocycles. The second kappa shape index (κ2) is 6.95. The minimum Gasteiger partial charge on any atom is -0.496 e. The predicted octanol–water partition coefficient (Wildman–Crippen LogP) is 3.27. The number of rotatable bonds is 3. The zero-order valence-electron chi connectivity index (χ0n) is 14.6. The Hall–Kier alpha value is -2.49. The molecule has 4 heteroatoms. The lowest BCUT2D eigenvalue weighted by molar-refractivity contribution is 0.0746. The Kier molecular flexibility index (Phi) is 4.74. The van der Waals surface area contributed by atoms with E-state index in [0.717, 1.165) is 37.5 Å². The maximum atomic E-state index is 12.7. The highest BCUT2D eigenvalue weighted by atomic mass is 16.5. The standard InChI is InChI=1S/C20H24N2O2/c1-15-5-4-6-18(13-15)21-9-11-22(12-10-21)20(23)17-8-7-16(2)19(14-17)24-3/h4-8,13-14H,9-12H2,1-3H3. The van der Waals surface area contributed by atoms with Crippen molar-refractivity contribution in [1.82, 2.24) is 4.90 Å². The highest BCUT2D eigenvalue weighted by molar-refractivity contribution is 5.95. The van der Waals surface area contributed by atoms with Crippen LogP contribution in [0.15, 0.2) is 42.5 Å². The molecule has 1 fully saturated rings. The van der Waals surface area contributed by atoms with E-state index in [0.29, 0.717) is 5.56 Å². The van der Waals surface area contributed by atoms with Crippen molar-refractivity contribution in [1.29, 1.82) is 0 Å². The first-order valence-electron chi connectivity index (χ1n) is 8.34. The Labute approximate surface area is 143 Å². The van der Waals surface area contributed by atoms with E-state index < -0.39 is 0 Å². The van der Waals surface area contributed by atoms with Gasteiger partial charge in [-0.1, -0.05) is 18.2 Å². The Morgan fingerprint density at radius 1 is 1.00 bits per heavy atom. The summed E-state index contributed by atoms with van der Waals surface area (Å²) in [4.78, 5) is 17.0. The molecule has 1 saturated heterocycles. The van der Waals surface area contributed by atoms with Gasteiger partial charge in [0.15, 0.2) is 0 Å². The zero-order valence-corrected chi connectivity index (χ0v) is 14.6. The number of benzene rings is 2. The average Bonchev–Trinajstić information content (AvgIpc) is 2.62. The van der Waals surface area contributed by atoms with Crippen molar-refractivity contribution in [3.05, 3.63) is 59.2 Å². The molecular formula is C20H24N2O2. The van der Waals surface area contributed by atoms with Gasteiger partial charge in [-0.25, -0.2) is 0 Å². The van der Waals surface area contributed by atoms with Gasteiger partial charge in [0.25, 0.3) is 5.91 Å². The summed E-state index contributed by atoms with van der Waals surface area (Å²) >= 11 is 0. The molecule has 4 nitrogen and oxygen atoms in total. The summed E-state index contributed by atoms with van der Waals surface area (Å²) in [5.41, 5.74) is 4.23. The largest absolute Gasteiger partial charge is 0.496 e. The van der Waals surface area contributed by atoms with E-state index >= 15 is 0 Å². The molecule has 2 aromatic rings. The molecule has 2 aromatic carbocycles. The van der Waals surface area contributed by atoms with Crippen LogP contribution in [0.3, 0.4) is 0 Å². The molecule has 0 N–H and O–H groups in total. The molecule has 0 radical (unpaired) electrons. The molecule has 1 aliphatic heterocycles. The van der Waals surface area contributed by atoms with Crippen LogP contribution in [0.5, 0.6) is 5.75 Å². The third kappa shape index (κ3) is 3.37. The van der Waals surface area contributed by atoms with Gasteiger partial charge in [0.2, 0.25) is 0 Å². The lowest BCUT2D eigenvalue weighted by Gasteiger charge is -2.36. The molecule has 0 aromatic heterocycles. The van der Waals surface area contributed by atoms with Crippen molar-refractivity contribution in [3.63, 3.8) is 0 Å². The van der Waals surface area contributed by atoms with Gasteiger partial charge < -0.3 is 14.5 Å². The molecular weight excluding hydrogens is 300 g/mol. The average molecular weight is 324 g/mol. The number of hydrogen-bond acceptors (Lipinski definition) is 3. The number of ether oxygens (including phenoxy) is 1. The van der Waals surface area contributed by atoms with Crippen LogP contribution in [-0.2, 0) is 0 Å².